The summed E-state index contributed by atoms with van der Waals surface area (Å²) < 4.78 is 21.3. The molecule has 2 heterocycles. The van der Waals surface area contributed by atoms with Gasteiger partial charge in [0.15, 0.2) is 0 Å². The van der Waals surface area contributed by atoms with Crippen molar-refractivity contribution in [3.8, 4) is 0 Å². The molecule has 6 nitrogen and oxygen atoms in total. The average Bonchev–Trinajstić information content (AvgIpc) is 3.13. The highest BCUT2D eigenvalue weighted by Crippen LogP contribution is 2.36. The van der Waals surface area contributed by atoms with E-state index in [0.717, 1.165) is 5.56 Å². The van der Waals surface area contributed by atoms with Crippen molar-refractivity contribution in [3.05, 3.63) is 53.6 Å². The summed E-state index contributed by atoms with van der Waals surface area (Å²) in [5.41, 5.74) is 0.562. The molecule has 1 saturated heterocycles. The molecule has 0 unspecified atom stereocenters. The van der Waals surface area contributed by atoms with Crippen LogP contribution in [-0.4, -0.2) is 46.3 Å². The van der Waals surface area contributed by atoms with Gasteiger partial charge in [0.2, 0.25) is 5.91 Å². The van der Waals surface area contributed by atoms with Gasteiger partial charge in [0.05, 0.1) is 18.2 Å². The molecule has 0 aliphatic carbocycles. The topological polar surface area (TPSA) is 64.4 Å². The van der Waals surface area contributed by atoms with Gasteiger partial charge >= 0.3 is 5.97 Å². The van der Waals surface area contributed by atoms with E-state index >= 15 is 0 Å². The van der Waals surface area contributed by atoms with Crippen LogP contribution in [0.5, 0.6) is 0 Å². The van der Waals surface area contributed by atoms with Gasteiger partial charge in [0.25, 0.3) is 0 Å². The molecule has 1 atom stereocenters. The average molecular weight is 401 g/mol. The molecule has 0 radical (unpaired) electrons. The number of likely N-dealkylation sites (tertiary alicyclic amines) is 1. The Hall–Kier alpha value is -2.70. The number of nitrogens with zero attached hydrogens (tertiary/aromatic N) is 3. The molecule has 156 valence electrons. The second-order valence-corrected chi connectivity index (χ2v) is 7.71. The third kappa shape index (κ3) is 5.02. The first-order chi connectivity index (χ1) is 13.9. The summed E-state index contributed by atoms with van der Waals surface area (Å²) in [6.45, 7) is 2.87. The first-order valence-corrected chi connectivity index (χ1v) is 10.1. The van der Waals surface area contributed by atoms with E-state index in [0.29, 0.717) is 37.8 Å². The molecule has 3 rings (SSSR count). The maximum atomic E-state index is 14.3. The van der Waals surface area contributed by atoms with Gasteiger partial charge in [-0.15, -0.1) is 0 Å². The minimum Gasteiger partial charge on any atom is -0.466 e. The van der Waals surface area contributed by atoms with Crippen LogP contribution in [0.25, 0.3) is 0 Å². The molecule has 0 bridgehead atoms. The third-order valence-corrected chi connectivity index (χ3v) is 5.51. The predicted octanol–water partition coefficient (Wildman–Crippen LogP) is 2.91. The molecule has 1 fully saturated rings. The standard InChI is InChI=1S/C22H28FN3O3/c1-3-29-21(28)22(13-18-7-4-5-8-19(18)23)11-6-12-26(16-22)20(27)10-9-17-14-24-25(2)15-17/h4-5,7-8,14-15H,3,6,9-13,16H2,1-2H3/t22-/m0/s1. The maximum Gasteiger partial charge on any atom is 0.314 e. The number of rotatable bonds is 7. The van der Waals surface area contributed by atoms with Crippen molar-refractivity contribution in [3.63, 3.8) is 0 Å². The zero-order chi connectivity index (χ0) is 20.9. The summed E-state index contributed by atoms with van der Waals surface area (Å²) in [5.74, 6) is -0.694. The van der Waals surface area contributed by atoms with Crippen molar-refractivity contribution >= 4 is 11.9 Å². The van der Waals surface area contributed by atoms with Crippen LogP contribution < -0.4 is 0 Å². The number of amides is 1. The Bertz CT molecular complexity index is 866. The first-order valence-electron chi connectivity index (χ1n) is 10.1. The minimum atomic E-state index is -0.916. The SMILES string of the molecule is CCOC(=O)[C@]1(Cc2ccccc2F)CCCN(C(=O)CCc2cnn(C)c2)C1. The maximum absolute atomic E-state index is 14.3. The van der Waals surface area contributed by atoms with Crippen LogP contribution in [-0.2, 0) is 34.2 Å². The summed E-state index contributed by atoms with van der Waals surface area (Å²) in [6, 6.07) is 6.48. The molecule has 0 saturated carbocycles. The van der Waals surface area contributed by atoms with Crippen LogP contribution >= 0.6 is 0 Å². The van der Waals surface area contributed by atoms with E-state index in [2.05, 4.69) is 5.10 Å². The molecule has 0 N–H and O–H groups in total. The molecule has 7 heteroatoms. The molecule has 29 heavy (non-hydrogen) atoms. The Morgan fingerprint density at radius 1 is 1.31 bits per heavy atom. The molecule has 1 aliphatic rings. The fraction of sp³-hybridized carbons (Fsp3) is 0.500. The molecule has 0 spiro atoms. The van der Waals surface area contributed by atoms with Crippen LogP contribution in [0.2, 0.25) is 0 Å². The van der Waals surface area contributed by atoms with E-state index in [-0.39, 0.29) is 37.3 Å². The smallest absolute Gasteiger partial charge is 0.314 e. The van der Waals surface area contributed by atoms with Gasteiger partial charge in [-0.3, -0.25) is 14.3 Å². The van der Waals surface area contributed by atoms with Crippen molar-refractivity contribution in [1.29, 1.82) is 0 Å². The number of carbonyl (C=O) groups is 2. The fourth-order valence-corrected chi connectivity index (χ4v) is 4.03. The van der Waals surface area contributed by atoms with E-state index in [1.54, 1.807) is 40.9 Å². The van der Waals surface area contributed by atoms with E-state index < -0.39 is 5.41 Å². The number of hydrogen-bond donors (Lipinski definition) is 0. The first kappa shape index (κ1) is 21.0. The Morgan fingerprint density at radius 3 is 2.79 bits per heavy atom. The molecule has 1 aromatic heterocycles. The summed E-state index contributed by atoms with van der Waals surface area (Å²) in [5, 5.41) is 4.12. The Balaban J connectivity index is 1.74. The number of benzene rings is 1. The lowest BCUT2D eigenvalue weighted by Gasteiger charge is -2.41. The number of esters is 1. The summed E-state index contributed by atoms with van der Waals surface area (Å²) >= 11 is 0. The lowest BCUT2D eigenvalue weighted by Crippen LogP contribution is -2.51. The van der Waals surface area contributed by atoms with Gasteiger partial charge in [0, 0.05) is 32.8 Å². The lowest BCUT2D eigenvalue weighted by atomic mass is 9.74. The van der Waals surface area contributed by atoms with Gasteiger partial charge in [-0.2, -0.15) is 5.10 Å². The Morgan fingerprint density at radius 2 is 2.10 bits per heavy atom. The minimum absolute atomic E-state index is 0.00393. The summed E-state index contributed by atoms with van der Waals surface area (Å²) in [6.07, 6.45) is 6.09. The number of piperidine rings is 1. The fourth-order valence-electron chi connectivity index (χ4n) is 4.03. The number of aryl methyl sites for hydroxylation is 2. The molecule has 1 aliphatic heterocycles. The van der Waals surface area contributed by atoms with E-state index in [1.165, 1.54) is 6.07 Å². The van der Waals surface area contributed by atoms with Crippen LogP contribution in [0.15, 0.2) is 36.7 Å². The third-order valence-electron chi connectivity index (χ3n) is 5.51. The van der Waals surface area contributed by atoms with Crippen LogP contribution in [0.1, 0.15) is 37.3 Å². The van der Waals surface area contributed by atoms with Crippen LogP contribution in [0, 0.1) is 11.2 Å². The van der Waals surface area contributed by atoms with Crippen LogP contribution in [0.4, 0.5) is 4.39 Å². The number of carbonyl (C=O) groups excluding carboxylic acids is 2. The Labute approximate surface area is 170 Å². The summed E-state index contributed by atoms with van der Waals surface area (Å²) in [7, 11) is 1.84. The van der Waals surface area contributed by atoms with E-state index in [4.69, 9.17) is 4.74 Å². The predicted molar refractivity (Wildman–Crippen MR) is 107 cm³/mol. The largest absolute Gasteiger partial charge is 0.466 e. The van der Waals surface area contributed by atoms with Crippen molar-refractivity contribution < 1.29 is 18.7 Å². The van der Waals surface area contributed by atoms with E-state index in [9.17, 15) is 14.0 Å². The van der Waals surface area contributed by atoms with Gasteiger partial charge in [-0.05, 0) is 49.8 Å². The second-order valence-electron chi connectivity index (χ2n) is 7.71. The number of ether oxygens (including phenoxy) is 1. The molecule has 2 aromatic rings. The van der Waals surface area contributed by atoms with Crippen molar-refractivity contribution in [2.24, 2.45) is 12.5 Å². The van der Waals surface area contributed by atoms with Gasteiger partial charge in [-0.1, -0.05) is 18.2 Å². The highest BCUT2D eigenvalue weighted by Gasteiger charge is 2.45. The zero-order valence-electron chi connectivity index (χ0n) is 17.1. The van der Waals surface area contributed by atoms with Crippen LogP contribution in [0.3, 0.4) is 0 Å². The molecule has 1 aromatic carbocycles. The van der Waals surface area contributed by atoms with Gasteiger partial charge < -0.3 is 9.64 Å². The van der Waals surface area contributed by atoms with Crippen molar-refractivity contribution in [2.75, 3.05) is 19.7 Å². The second kappa shape index (κ2) is 9.20. The molecular weight excluding hydrogens is 373 g/mol. The Kier molecular flexibility index (Phi) is 6.67. The van der Waals surface area contributed by atoms with Crippen molar-refractivity contribution in [1.82, 2.24) is 14.7 Å². The molecule has 1 amide bonds. The number of halogens is 1. The van der Waals surface area contributed by atoms with Gasteiger partial charge in [-0.25, -0.2) is 4.39 Å². The van der Waals surface area contributed by atoms with E-state index in [1.807, 2.05) is 13.2 Å². The monoisotopic (exact) mass is 401 g/mol. The highest BCUT2D eigenvalue weighted by atomic mass is 19.1. The lowest BCUT2D eigenvalue weighted by molar-refractivity contribution is -0.160. The molecular formula is C22H28FN3O3. The van der Waals surface area contributed by atoms with Crippen molar-refractivity contribution in [2.45, 2.75) is 39.0 Å². The zero-order valence-corrected chi connectivity index (χ0v) is 17.1. The van der Waals surface area contributed by atoms with Gasteiger partial charge in [0.1, 0.15) is 5.82 Å². The number of hydrogen-bond acceptors (Lipinski definition) is 4. The highest BCUT2D eigenvalue weighted by molar-refractivity contribution is 5.81. The normalized spacial score (nSPS) is 19.2. The summed E-state index contributed by atoms with van der Waals surface area (Å²) in [4.78, 5) is 27.5. The quantitative estimate of drug-likeness (QED) is 0.669. The number of aromatic nitrogens is 2.